The number of hydrogen-bond acceptors (Lipinski definition) is 3. The van der Waals surface area contributed by atoms with Gasteiger partial charge in [-0.25, -0.2) is 0 Å². The molecule has 0 aromatic heterocycles. The standard InChI is InChI=1S/C5H12N4S/c1-8-5(9(2)3)10-4(6)7/h1-3H3,(H3,6,7). The molecule has 0 unspecified atom stereocenters. The summed E-state index contributed by atoms with van der Waals surface area (Å²) in [4.78, 5) is 5.72. The van der Waals surface area contributed by atoms with Crippen LogP contribution in [-0.2, 0) is 0 Å². The van der Waals surface area contributed by atoms with Crippen molar-refractivity contribution >= 4 is 22.1 Å². The molecule has 0 heterocycles. The highest BCUT2D eigenvalue weighted by atomic mass is 32.2. The maximum atomic E-state index is 6.95. The molecule has 0 saturated heterocycles. The molecule has 0 bridgehead atoms. The Morgan fingerprint density at radius 2 is 2.10 bits per heavy atom. The van der Waals surface area contributed by atoms with Gasteiger partial charge >= 0.3 is 0 Å². The third kappa shape index (κ3) is 3.34. The lowest BCUT2D eigenvalue weighted by Gasteiger charge is -2.12. The fraction of sp³-hybridized carbons (Fsp3) is 0.600. The van der Waals surface area contributed by atoms with Gasteiger partial charge in [0.15, 0.2) is 10.3 Å². The summed E-state index contributed by atoms with van der Waals surface area (Å²) in [6, 6.07) is 0. The average Bonchev–Trinajstić information content (AvgIpc) is 1.81. The van der Waals surface area contributed by atoms with Crippen LogP contribution >= 0.6 is 11.8 Å². The Labute approximate surface area is 65.0 Å². The van der Waals surface area contributed by atoms with Crippen molar-refractivity contribution in [2.45, 2.75) is 0 Å². The van der Waals surface area contributed by atoms with Crippen LogP contribution in [-0.4, -0.2) is 36.4 Å². The number of amidine groups is 2. The highest BCUT2D eigenvalue weighted by Crippen LogP contribution is 2.03. The van der Waals surface area contributed by atoms with Crippen LogP contribution in [0.4, 0.5) is 0 Å². The largest absolute Gasteiger partial charge is 0.378 e. The average molecular weight is 160 g/mol. The molecule has 10 heavy (non-hydrogen) atoms. The van der Waals surface area contributed by atoms with Crippen molar-refractivity contribution < 1.29 is 0 Å². The lowest BCUT2D eigenvalue weighted by atomic mass is 10.9. The zero-order chi connectivity index (χ0) is 8.15. The number of rotatable bonds is 0. The zero-order valence-corrected chi connectivity index (χ0v) is 7.20. The number of nitrogens with one attached hydrogen (secondary N) is 1. The quantitative estimate of drug-likeness (QED) is 0.392. The third-order valence-corrected chi connectivity index (χ3v) is 1.73. The van der Waals surface area contributed by atoms with Crippen molar-refractivity contribution in [2.75, 3.05) is 21.1 Å². The summed E-state index contributed by atoms with van der Waals surface area (Å²) in [6.07, 6.45) is 0. The van der Waals surface area contributed by atoms with Crippen LogP contribution in [0.15, 0.2) is 4.99 Å². The first-order valence-corrected chi connectivity index (χ1v) is 3.55. The number of hydrogen-bond donors (Lipinski definition) is 2. The fourth-order valence-electron chi connectivity index (χ4n) is 0.435. The molecule has 4 nitrogen and oxygen atoms in total. The molecule has 0 aliphatic rings. The summed E-state index contributed by atoms with van der Waals surface area (Å²) in [5.74, 6) is 0. The van der Waals surface area contributed by atoms with Gasteiger partial charge in [0.25, 0.3) is 0 Å². The molecule has 0 spiro atoms. The highest BCUT2D eigenvalue weighted by molar-refractivity contribution is 8.26. The third-order valence-electron chi connectivity index (χ3n) is 0.775. The van der Waals surface area contributed by atoms with E-state index in [0.717, 1.165) is 16.9 Å². The van der Waals surface area contributed by atoms with E-state index >= 15 is 0 Å². The van der Waals surface area contributed by atoms with Gasteiger partial charge < -0.3 is 10.6 Å². The summed E-state index contributed by atoms with van der Waals surface area (Å²) >= 11 is 1.14. The molecule has 0 rings (SSSR count). The Morgan fingerprint density at radius 1 is 1.60 bits per heavy atom. The van der Waals surface area contributed by atoms with Crippen molar-refractivity contribution in [2.24, 2.45) is 10.7 Å². The monoisotopic (exact) mass is 160 g/mol. The second kappa shape index (κ2) is 4.16. The molecule has 0 fully saturated rings. The molecule has 5 heteroatoms. The van der Waals surface area contributed by atoms with E-state index in [4.69, 9.17) is 11.1 Å². The lowest BCUT2D eigenvalue weighted by Crippen LogP contribution is -2.22. The van der Waals surface area contributed by atoms with Crippen LogP contribution in [0.3, 0.4) is 0 Å². The first-order chi connectivity index (χ1) is 4.57. The molecule has 0 aromatic carbocycles. The molecular formula is C5H12N4S. The summed E-state index contributed by atoms with van der Waals surface area (Å²) < 4.78 is 0. The number of nitrogens with two attached hydrogens (primary N) is 1. The number of nitrogens with zero attached hydrogens (tertiary/aromatic N) is 2. The van der Waals surface area contributed by atoms with Gasteiger partial charge in [-0.05, 0) is 11.8 Å². The van der Waals surface area contributed by atoms with E-state index in [1.165, 1.54) is 0 Å². The topological polar surface area (TPSA) is 65.5 Å². The number of thioether (sulfide) groups is 1. The molecule has 58 valence electrons. The molecule has 0 radical (unpaired) electrons. The van der Waals surface area contributed by atoms with E-state index < -0.39 is 0 Å². The second-order valence-corrected chi connectivity index (χ2v) is 2.88. The van der Waals surface area contributed by atoms with E-state index in [0.29, 0.717) is 0 Å². The Bertz CT molecular complexity index is 152. The van der Waals surface area contributed by atoms with Gasteiger partial charge in [-0.15, -0.1) is 0 Å². The Morgan fingerprint density at radius 3 is 2.20 bits per heavy atom. The van der Waals surface area contributed by atoms with Crippen LogP contribution < -0.4 is 5.73 Å². The van der Waals surface area contributed by atoms with Gasteiger partial charge in [0, 0.05) is 21.1 Å². The van der Waals surface area contributed by atoms with Crippen LogP contribution in [0, 0.1) is 5.41 Å². The first kappa shape index (κ1) is 9.29. The molecular weight excluding hydrogens is 148 g/mol. The predicted octanol–water partition coefficient (Wildman–Crippen LogP) is 0.160. The minimum absolute atomic E-state index is 0.0642. The summed E-state index contributed by atoms with van der Waals surface area (Å²) in [6.45, 7) is 0. The normalized spacial score (nSPS) is 11.3. The first-order valence-electron chi connectivity index (χ1n) is 2.74. The summed E-state index contributed by atoms with van der Waals surface area (Å²) in [5, 5.41) is 7.76. The Hall–Kier alpha value is -0.710. The van der Waals surface area contributed by atoms with Gasteiger partial charge in [-0.1, -0.05) is 0 Å². The van der Waals surface area contributed by atoms with Gasteiger partial charge in [0.05, 0.1) is 0 Å². The molecule has 0 atom stereocenters. The van der Waals surface area contributed by atoms with E-state index in [1.807, 2.05) is 19.0 Å². The minimum atomic E-state index is 0.0642. The van der Waals surface area contributed by atoms with Gasteiger partial charge in [0.1, 0.15) is 0 Å². The molecule has 0 aromatic rings. The smallest absolute Gasteiger partial charge is 0.166 e. The molecule has 3 N–H and O–H groups in total. The number of aliphatic imine (C=N–C) groups is 1. The zero-order valence-electron chi connectivity index (χ0n) is 6.38. The minimum Gasteiger partial charge on any atom is -0.378 e. The highest BCUT2D eigenvalue weighted by Gasteiger charge is 2.02. The summed E-state index contributed by atoms with van der Waals surface area (Å²) in [5.41, 5.74) is 5.15. The van der Waals surface area contributed by atoms with Crippen LogP contribution in [0.25, 0.3) is 0 Å². The Kier molecular flexibility index (Phi) is 3.87. The van der Waals surface area contributed by atoms with Crippen molar-refractivity contribution in [1.82, 2.24) is 4.90 Å². The van der Waals surface area contributed by atoms with Crippen LogP contribution in [0.1, 0.15) is 0 Å². The van der Waals surface area contributed by atoms with E-state index in [1.54, 1.807) is 7.05 Å². The van der Waals surface area contributed by atoms with E-state index in [-0.39, 0.29) is 5.17 Å². The van der Waals surface area contributed by atoms with Crippen molar-refractivity contribution in [3.63, 3.8) is 0 Å². The van der Waals surface area contributed by atoms with E-state index in [9.17, 15) is 0 Å². The van der Waals surface area contributed by atoms with Crippen LogP contribution in [0.5, 0.6) is 0 Å². The Balaban J connectivity index is 3.99. The molecule has 0 aliphatic carbocycles. The maximum Gasteiger partial charge on any atom is 0.166 e. The second-order valence-electron chi connectivity index (χ2n) is 1.87. The molecule has 0 amide bonds. The van der Waals surface area contributed by atoms with Gasteiger partial charge in [-0.3, -0.25) is 10.4 Å². The predicted molar refractivity (Wildman–Crippen MR) is 46.6 cm³/mol. The summed E-state index contributed by atoms with van der Waals surface area (Å²) in [7, 11) is 5.39. The lowest BCUT2D eigenvalue weighted by molar-refractivity contribution is 0.635. The van der Waals surface area contributed by atoms with Gasteiger partial charge in [0.2, 0.25) is 0 Å². The van der Waals surface area contributed by atoms with Crippen molar-refractivity contribution in [1.29, 1.82) is 5.41 Å². The van der Waals surface area contributed by atoms with E-state index in [2.05, 4.69) is 4.99 Å². The maximum absolute atomic E-state index is 6.95. The van der Waals surface area contributed by atoms with Crippen molar-refractivity contribution in [3.8, 4) is 0 Å². The SMILES string of the molecule is CN=C(SC(=N)N)N(C)C. The fourth-order valence-corrected chi connectivity index (χ4v) is 0.906. The van der Waals surface area contributed by atoms with Crippen LogP contribution in [0.2, 0.25) is 0 Å². The molecule has 0 saturated carbocycles. The van der Waals surface area contributed by atoms with Crippen molar-refractivity contribution in [3.05, 3.63) is 0 Å². The van der Waals surface area contributed by atoms with Gasteiger partial charge in [-0.2, -0.15) is 0 Å². The molecule has 0 aliphatic heterocycles.